The topological polar surface area (TPSA) is 58.9 Å². The molecule has 0 aliphatic heterocycles. The van der Waals surface area contributed by atoms with Gasteiger partial charge in [-0.15, -0.1) is 0 Å². The van der Waals surface area contributed by atoms with Crippen molar-refractivity contribution in [3.63, 3.8) is 0 Å². The highest BCUT2D eigenvalue weighted by Crippen LogP contribution is 2.53. The molecule has 96 valence electrons. The van der Waals surface area contributed by atoms with E-state index in [2.05, 4.69) is 4.99 Å². The van der Waals surface area contributed by atoms with E-state index in [1.54, 1.807) is 12.1 Å². The van der Waals surface area contributed by atoms with E-state index in [1.165, 1.54) is 7.11 Å². The predicted octanol–water partition coefficient (Wildman–Crippen LogP) is 3.08. The van der Waals surface area contributed by atoms with Gasteiger partial charge < -0.3 is 9.84 Å². The van der Waals surface area contributed by atoms with Gasteiger partial charge in [0, 0.05) is 5.56 Å². The van der Waals surface area contributed by atoms with Crippen LogP contribution in [0.1, 0.15) is 30.4 Å². The first-order valence-electron chi connectivity index (χ1n) is 5.71. The monoisotopic (exact) mass is 267 g/mol. The molecule has 1 N–H and O–H groups in total. The fourth-order valence-electron chi connectivity index (χ4n) is 2.35. The lowest BCUT2D eigenvalue weighted by Gasteiger charge is -2.38. The first-order chi connectivity index (χ1) is 8.55. The second kappa shape index (κ2) is 4.63. The smallest absolute Gasteiger partial charge is 0.235 e. The van der Waals surface area contributed by atoms with Crippen LogP contribution in [-0.4, -0.2) is 18.3 Å². The van der Waals surface area contributed by atoms with Gasteiger partial charge in [-0.2, -0.15) is 4.99 Å². The first kappa shape index (κ1) is 12.9. The fraction of sp³-hybridized carbons (Fsp3) is 0.462. The summed E-state index contributed by atoms with van der Waals surface area (Å²) < 4.78 is 5.11. The lowest BCUT2D eigenvalue weighted by molar-refractivity contribution is 0.245. The van der Waals surface area contributed by atoms with Crippen LogP contribution < -0.4 is 4.74 Å². The SMILES string of the molecule is COc1cc(C)c(Cl)c(C2(N=C=O)CCC2)c1O. The van der Waals surface area contributed by atoms with Gasteiger partial charge in [0.1, 0.15) is 5.54 Å². The van der Waals surface area contributed by atoms with Crippen LogP contribution in [0.2, 0.25) is 5.02 Å². The Bertz CT molecular complexity index is 532. The van der Waals surface area contributed by atoms with Gasteiger partial charge in [-0.05, 0) is 37.8 Å². The second-order valence-electron chi connectivity index (χ2n) is 4.52. The Morgan fingerprint density at radius 1 is 1.56 bits per heavy atom. The van der Waals surface area contributed by atoms with Crippen molar-refractivity contribution in [3.05, 3.63) is 22.2 Å². The molecular weight excluding hydrogens is 254 g/mol. The molecule has 0 atom stereocenters. The van der Waals surface area contributed by atoms with Gasteiger partial charge in [0.25, 0.3) is 0 Å². The number of carbonyl (C=O) groups excluding carboxylic acids is 1. The molecule has 0 unspecified atom stereocenters. The van der Waals surface area contributed by atoms with Crippen molar-refractivity contribution in [2.24, 2.45) is 4.99 Å². The average Bonchev–Trinajstić information content (AvgIpc) is 2.30. The number of phenolic OH excluding ortho intramolecular Hbond substituents is 1. The number of nitrogens with zero attached hydrogens (tertiary/aromatic N) is 1. The van der Waals surface area contributed by atoms with Gasteiger partial charge in [0.15, 0.2) is 11.5 Å². The Balaban J connectivity index is 2.69. The summed E-state index contributed by atoms with van der Waals surface area (Å²) in [5.74, 6) is 0.311. The highest BCUT2D eigenvalue weighted by Gasteiger charge is 2.43. The molecule has 1 aromatic rings. The van der Waals surface area contributed by atoms with Gasteiger partial charge in [-0.25, -0.2) is 4.79 Å². The number of hydrogen-bond acceptors (Lipinski definition) is 4. The van der Waals surface area contributed by atoms with Crippen LogP contribution in [0.3, 0.4) is 0 Å². The van der Waals surface area contributed by atoms with E-state index >= 15 is 0 Å². The van der Waals surface area contributed by atoms with Crippen LogP contribution in [0.5, 0.6) is 11.5 Å². The van der Waals surface area contributed by atoms with E-state index in [9.17, 15) is 9.90 Å². The van der Waals surface area contributed by atoms with Crippen molar-refractivity contribution in [1.82, 2.24) is 0 Å². The van der Waals surface area contributed by atoms with Crippen molar-refractivity contribution in [3.8, 4) is 11.5 Å². The number of ether oxygens (including phenoxy) is 1. The van der Waals surface area contributed by atoms with Gasteiger partial charge in [0.2, 0.25) is 6.08 Å². The molecule has 0 aromatic heterocycles. The zero-order valence-corrected chi connectivity index (χ0v) is 11.0. The number of isocyanates is 1. The van der Waals surface area contributed by atoms with Crippen molar-refractivity contribution < 1.29 is 14.6 Å². The summed E-state index contributed by atoms with van der Waals surface area (Å²) in [6.07, 6.45) is 3.89. The van der Waals surface area contributed by atoms with Crippen LogP contribution in [0.4, 0.5) is 0 Å². The summed E-state index contributed by atoms with van der Waals surface area (Å²) >= 11 is 6.25. The van der Waals surface area contributed by atoms with Gasteiger partial charge in [-0.3, -0.25) is 0 Å². The Kier molecular flexibility index (Phi) is 3.33. The summed E-state index contributed by atoms with van der Waals surface area (Å²) in [6.45, 7) is 1.82. The number of benzene rings is 1. The quantitative estimate of drug-likeness (QED) is 0.676. The third kappa shape index (κ3) is 1.78. The van der Waals surface area contributed by atoms with Crippen molar-refractivity contribution >= 4 is 17.7 Å². The zero-order chi connectivity index (χ0) is 13.3. The minimum Gasteiger partial charge on any atom is -0.504 e. The lowest BCUT2D eigenvalue weighted by atomic mass is 9.71. The maximum absolute atomic E-state index is 10.6. The highest BCUT2D eigenvalue weighted by atomic mass is 35.5. The molecule has 0 heterocycles. The summed E-state index contributed by atoms with van der Waals surface area (Å²) in [4.78, 5) is 14.5. The predicted molar refractivity (Wildman–Crippen MR) is 68.1 cm³/mol. The molecule has 5 heteroatoms. The maximum atomic E-state index is 10.6. The lowest BCUT2D eigenvalue weighted by Crippen LogP contribution is -2.32. The summed E-state index contributed by atoms with van der Waals surface area (Å²) in [6, 6.07) is 1.66. The third-order valence-corrected chi connectivity index (χ3v) is 4.00. The molecule has 0 radical (unpaired) electrons. The summed E-state index contributed by atoms with van der Waals surface area (Å²) in [7, 11) is 1.47. The number of methoxy groups -OCH3 is 1. The number of halogens is 1. The van der Waals surface area contributed by atoms with E-state index in [1.807, 2.05) is 6.92 Å². The van der Waals surface area contributed by atoms with Crippen LogP contribution in [-0.2, 0) is 10.3 Å². The molecule has 1 saturated carbocycles. The molecule has 2 rings (SSSR count). The minimum atomic E-state index is -0.734. The van der Waals surface area contributed by atoms with Crippen molar-refractivity contribution in [2.45, 2.75) is 31.7 Å². The molecule has 0 amide bonds. The van der Waals surface area contributed by atoms with E-state index in [4.69, 9.17) is 16.3 Å². The van der Waals surface area contributed by atoms with Gasteiger partial charge >= 0.3 is 0 Å². The Labute approximate surface area is 110 Å². The number of hydrogen-bond donors (Lipinski definition) is 1. The highest BCUT2D eigenvalue weighted by molar-refractivity contribution is 6.32. The number of rotatable bonds is 3. The van der Waals surface area contributed by atoms with Crippen molar-refractivity contribution in [1.29, 1.82) is 0 Å². The van der Waals surface area contributed by atoms with Crippen LogP contribution in [0.25, 0.3) is 0 Å². The molecule has 0 saturated heterocycles. The normalized spacial score (nSPS) is 16.6. The molecular formula is C13H14ClNO3. The average molecular weight is 268 g/mol. The van der Waals surface area contributed by atoms with Crippen LogP contribution in [0, 0.1) is 6.92 Å². The fourth-order valence-corrected chi connectivity index (χ4v) is 2.67. The van der Waals surface area contributed by atoms with E-state index in [0.29, 0.717) is 29.2 Å². The molecule has 1 aliphatic carbocycles. The number of aliphatic imine (C=N–C) groups is 1. The van der Waals surface area contributed by atoms with E-state index in [0.717, 1.165) is 12.0 Å². The van der Waals surface area contributed by atoms with Gasteiger partial charge in [0.05, 0.1) is 12.1 Å². The van der Waals surface area contributed by atoms with E-state index < -0.39 is 5.54 Å². The largest absolute Gasteiger partial charge is 0.504 e. The Hall–Kier alpha value is -1.51. The number of phenols is 1. The van der Waals surface area contributed by atoms with Crippen molar-refractivity contribution in [2.75, 3.05) is 7.11 Å². The summed E-state index contributed by atoms with van der Waals surface area (Å²) in [5.41, 5.74) is 0.534. The number of aryl methyl sites for hydroxylation is 1. The zero-order valence-electron chi connectivity index (χ0n) is 10.3. The molecule has 0 spiro atoms. The first-order valence-corrected chi connectivity index (χ1v) is 6.09. The molecule has 1 aliphatic rings. The van der Waals surface area contributed by atoms with Crippen LogP contribution in [0.15, 0.2) is 11.1 Å². The Morgan fingerprint density at radius 2 is 2.22 bits per heavy atom. The Morgan fingerprint density at radius 3 is 2.67 bits per heavy atom. The molecule has 0 bridgehead atoms. The van der Waals surface area contributed by atoms with Gasteiger partial charge in [-0.1, -0.05) is 11.6 Å². The second-order valence-corrected chi connectivity index (χ2v) is 4.90. The third-order valence-electron chi connectivity index (χ3n) is 3.51. The van der Waals surface area contributed by atoms with Crippen LogP contribution >= 0.6 is 11.6 Å². The molecule has 1 aromatic carbocycles. The number of aromatic hydroxyl groups is 1. The molecule has 4 nitrogen and oxygen atoms in total. The molecule has 18 heavy (non-hydrogen) atoms. The standard InChI is InChI=1S/C13H14ClNO3/c1-8-6-9(18-2)12(17)10(11(8)14)13(15-7-16)4-3-5-13/h6,17H,3-5H2,1-2H3. The molecule has 1 fully saturated rings. The minimum absolute atomic E-state index is 0.0354. The summed E-state index contributed by atoms with van der Waals surface area (Å²) in [5, 5.41) is 10.7. The van der Waals surface area contributed by atoms with E-state index in [-0.39, 0.29) is 5.75 Å². The maximum Gasteiger partial charge on any atom is 0.235 e.